The summed E-state index contributed by atoms with van der Waals surface area (Å²) < 4.78 is 6.24. The predicted octanol–water partition coefficient (Wildman–Crippen LogP) is 5.87. The van der Waals surface area contributed by atoms with E-state index >= 15 is 0 Å². The summed E-state index contributed by atoms with van der Waals surface area (Å²) in [5, 5.41) is 26.3. The van der Waals surface area contributed by atoms with Crippen molar-refractivity contribution in [3.05, 3.63) is 89.6 Å². The Morgan fingerprint density at radius 2 is 2.12 bits per heavy atom. The summed E-state index contributed by atoms with van der Waals surface area (Å²) in [7, 11) is 0. The summed E-state index contributed by atoms with van der Waals surface area (Å²) >= 11 is 4.62. The van der Waals surface area contributed by atoms with E-state index in [4.69, 9.17) is 4.42 Å². The highest BCUT2D eigenvalue weighted by Gasteiger charge is 2.14. The molecule has 32 heavy (non-hydrogen) atoms. The molecule has 0 aliphatic heterocycles. The van der Waals surface area contributed by atoms with Gasteiger partial charge in [-0.1, -0.05) is 15.9 Å². The number of nitriles is 1. The summed E-state index contributed by atoms with van der Waals surface area (Å²) in [4.78, 5) is 27.3. The van der Waals surface area contributed by atoms with Crippen LogP contribution in [0.5, 0.6) is 0 Å². The van der Waals surface area contributed by atoms with Gasteiger partial charge in [0, 0.05) is 39.3 Å². The number of fused-ring (bicyclic) bond motifs is 1. The summed E-state index contributed by atoms with van der Waals surface area (Å²) in [6.07, 6.45) is 1.48. The highest BCUT2D eigenvalue weighted by molar-refractivity contribution is 9.10. The molecule has 0 bridgehead atoms. The molecule has 1 N–H and O–H groups in total. The number of hydrogen-bond acceptors (Lipinski definition) is 8. The molecule has 2 aromatic heterocycles. The van der Waals surface area contributed by atoms with Gasteiger partial charge in [0.05, 0.1) is 16.2 Å². The molecule has 0 unspecified atom stereocenters. The van der Waals surface area contributed by atoms with Gasteiger partial charge in [-0.3, -0.25) is 10.1 Å². The van der Waals surface area contributed by atoms with E-state index in [1.54, 1.807) is 36.6 Å². The van der Waals surface area contributed by atoms with Crippen molar-refractivity contribution >= 4 is 55.2 Å². The second-order valence-corrected chi connectivity index (χ2v) is 8.51. The molecule has 0 saturated heterocycles. The number of nitrogens with zero attached hydrogens (tertiary/aromatic N) is 3. The van der Waals surface area contributed by atoms with Crippen LogP contribution in [0.2, 0.25) is 0 Å². The van der Waals surface area contributed by atoms with Gasteiger partial charge in [0.2, 0.25) is 0 Å². The molecule has 2 heterocycles. The van der Waals surface area contributed by atoms with Crippen LogP contribution < -0.4 is 10.9 Å². The second kappa shape index (κ2) is 8.74. The Morgan fingerprint density at radius 1 is 1.31 bits per heavy atom. The van der Waals surface area contributed by atoms with E-state index in [-0.39, 0.29) is 11.3 Å². The molecule has 0 saturated carbocycles. The maximum atomic E-state index is 12.4. The maximum absolute atomic E-state index is 12.4. The fourth-order valence-corrected chi connectivity index (χ4v) is 4.17. The molecule has 0 amide bonds. The Kier molecular flexibility index (Phi) is 5.85. The minimum absolute atomic E-state index is 0.0108. The van der Waals surface area contributed by atoms with Gasteiger partial charge in [-0.05, 0) is 42.8 Å². The van der Waals surface area contributed by atoms with E-state index in [2.05, 4.69) is 32.3 Å². The third-order valence-electron chi connectivity index (χ3n) is 4.62. The smallest absolute Gasteiger partial charge is 0.345 e. The number of non-ortho nitro benzene ring substituents is 1. The average molecular weight is 509 g/mol. The van der Waals surface area contributed by atoms with E-state index in [9.17, 15) is 20.2 Å². The molecular formula is C22H13BrN4O4S. The zero-order valence-corrected chi connectivity index (χ0v) is 18.9. The van der Waals surface area contributed by atoms with Gasteiger partial charge in [-0.15, -0.1) is 11.3 Å². The number of nitro groups is 1. The average Bonchev–Trinajstić information content (AvgIpc) is 3.24. The molecular weight excluding hydrogens is 496 g/mol. The number of hydrogen-bond donors (Lipinski definition) is 1. The molecule has 0 fully saturated rings. The quantitative estimate of drug-likeness (QED) is 0.154. The van der Waals surface area contributed by atoms with E-state index in [1.807, 2.05) is 6.07 Å². The third-order valence-corrected chi connectivity index (χ3v) is 5.99. The van der Waals surface area contributed by atoms with Crippen LogP contribution >= 0.6 is 27.3 Å². The maximum Gasteiger partial charge on any atom is 0.345 e. The summed E-state index contributed by atoms with van der Waals surface area (Å²) in [6.45, 7) is 1.73. The molecule has 0 radical (unpaired) electrons. The largest absolute Gasteiger partial charge is 0.422 e. The van der Waals surface area contributed by atoms with Crippen LogP contribution in [0.25, 0.3) is 27.8 Å². The fraction of sp³-hybridized carbons (Fsp3) is 0.0455. The van der Waals surface area contributed by atoms with Crippen molar-refractivity contribution in [2.45, 2.75) is 6.92 Å². The lowest BCUT2D eigenvalue weighted by molar-refractivity contribution is -0.384. The first-order valence-electron chi connectivity index (χ1n) is 9.17. The van der Waals surface area contributed by atoms with Crippen molar-refractivity contribution in [3.63, 3.8) is 0 Å². The lowest BCUT2D eigenvalue weighted by Crippen LogP contribution is -2.03. The fourth-order valence-electron chi connectivity index (χ4n) is 3.01. The summed E-state index contributed by atoms with van der Waals surface area (Å²) in [6, 6.07) is 13.5. The zero-order chi connectivity index (χ0) is 22.8. The molecule has 0 atom stereocenters. The summed E-state index contributed by atoms with van der Waals surface area (Å²) in [5.41, 5.74) is 2.20. The Morgan fingerprint density at radius 3 is 2.84 bits per heavy atom. The monoisotopic (exact) mass is 508 g/mol. The first-order chi connectivity index (χ1) is 15.4. The first-order valence-corrected chi connectivity index (χ1v) is 10.8. The highest BCUT2D eigenvalue weighted by atomic mass is 79.9. The van der Waals surface area contributed by atoms with Gasteiger partial charge in [-0.2, -0.15) is 5.26 Å². The molecule has 0 spiro atoms. The van der Waals surface area contributed by atoms with E-state index in [1.165, 1.54) is 29.7 Å². The lowest BCUT2D eigenvalue weighted by Gasteiger charge is -2.05. The van der Waals surface area contributed by atoms with Crippen molar-refractivity contribution in [1.29, 1.82) is 5.26 Å². The van der Waals surface area contributed by atoms with Crippen molar-refractivity contribution in [1.82, 2.24) is 4.98 Å². The van der Waals surface area contributed by atoms with Crippen LogP contribution in [0.3, 0.4) is 0 Å². The number of anilines is 1. The Hall–Kier alpha value is -3.81. The van der Waals surface area contributed by atoms with Crippen LogP contribution in [0, 0.1) is 28.4 Å². The number of halogens is 1. The standard InChI is InChI=1S/C22H13BrN4O4S/c1-12-6-16(27(29)30)3-4-18(12)25-10-14(9-24)21-26-19(11-32-21)17-8-13-7-15(23)2-5-20(13)31-22(17)28/h2-8,10-11,25H,1H3/b14-10+. The predicted molar refractivity (Wildman–Crippen MR) is 126 cm³/mol. The lowest BCUT2D eigenvalue weighted by atomic mass is 10.1. The second-order valence-electron chi connectivity index (χ2n) is 6.74. The molecule has 2 aromatic carbocycles. The minimum Gasteiger partial charge on any atom is -0.422 e. The number of benzene rings is 2. The molecule has 10 heteroatoms. The Balaban J connectivity index is 1.64. The normalized spacial score (nSPS) is 11.3. The number of rotatable bonds is 5. The van der Waals surface area contributed by atoms with Crippen LogP contribution in [-0.4, -0.2) is 9.91 Å². The number of nitro benzene ring substituents is 1. The van der Waals surface area contributed by atoms with Crippen LogP contribution in [0.15, 0.2) is 67.7 Å². The Bertz CT molecular complexity index is 1500. The molecule has 158 valence electrons. The van der Waals surface area contributed by atoms with Crippen molar-refractivity contribution < 1.29 is 9.34 Å². The number of nitrogens with one attached hydrogen (secondary N) is 1. The van der Waals surface area contributed by atoms with Gasteiger partial charge in [0.15, 0.2) is 0 Å². The third kappa shape index (κ3) is 4.30. The minimum atomic E-state index is -0.515. The molecule has 4 rings (SSSR count). The molecule has 4 aromatic rings. The topological polar surface area (TPSA) is 122 Å². The summed E-state index contributed by atoms with van der Waals surface area (Å²) in [5.74, 6) is 0. The van der Waals surface area contributed by atoms with E-state index < -0.39 is 10.5 Å². The van der Waals surface area contributed by atoms with Gasteiger partial charge in [0.1, 0.15) is 22.2 Å². The van der Waals surface area contributed by atoms with Gasteiger partial charge >= 0.3 is 5.63 Å². The van der Waals surface area contributed by atoms with Crippen molar-refractivity contribution in [2.24, 2.45) is 0 Å². The van der Waals surface area contributed by atoms with Gasteiger partial charge in [-0.25, -0.2) is 9.78 Å². The van der Waals surface area contributed by atoms with E-state index in [0.717, 1.165) is 9.86 Å². The molecule has 0 aliphatic rings. The Labute approximate surface area is 193 Å². The van der Waals surface area contributed by atoms with Crippen LogP contribution in [0.4, 0.5) is 11.4 Å². The van der Waals surface area contributed by atoms with Crippen LogP contribution in [-0.2, 0) is 0 Å². The van der Waals surface area contributed by atoms with Gasteiger partial charge in [0.25, 0.3) is 5.69 Å². The SMILES string of the molecule is Cc1cc([N+](=O)[O-])ccc1N/C=C(\C#N)c1nc(-c2cc3cc(Br)ccc3oc2=O)cs1. The number of thiazole rings is 1. The molecule has 8 nitrogen and oxygen atoms in total. The highest BCUT2D eigenvalue weighted by Crippen LogP contribution is 2.28. The van der Waals surface area contributed by atoms with E-state index in [0.29, 0.717) is 33.1 Å². The number of aryl methyl sites for hydroxylation is 1. The zero-order valence-electron chi connectivity index (χ0n) is 16.5. The van der Waals surface area contributed by atoms with Crippen LogP contribution in [0.1, 0.15) is 10.6 Å². The number of aromatic nitrogens is 1. The van der Waals surface area contributed by atoms with Crippen molar-refractivity contribution in [3.8, 4) is 17.3 Å². The van der Waals surface area contributed by atoms with Gasteiger partial charge < -0.3 is 9.73 Å². The molecule has 0 aliphatic carbocycles. The first kappa shape index (κ1) is 21.4. The number of allylic oxidation sites excluding steroid dienone is 1. The van der Waals surface area contributed by atoms with Crippen molar-refractivity contribution in [2.75, 3.05) is 5.32 Å².